The highest BCUT2D eigenvalue weighted by molar-refractivity contribution is 5.29. The van der Waals surface area contributed by atoms with E-state index in [1.54, 1.807) is 0 Å². The lowest BCUT2D eigenvalue weighted by Gasteiger charge is -2.10. The van der Waals surface area contributed by atoms with Crippen LogP contribution < -0.4 is 10.1 Å². The van der Waals surface area contributed by atoms with Crippen LogP contribution in [0.3, 0.4) is 0 Å². The largest absolute Gasteiger partial charge is 0.492 e. The van der Waals surface area contributed by atoms with E-state index in [9.17, 15) is 0 Å². The third-order valence-electron chi connectivity index (χ3n) is 3.34. The lowest BCUT2D eigenvalue weighted by Crippen LogP contribution is -2.15. The third kappa shape index (κ3) is 6.90. The Hall–Kier alpha value is -1.09. The maximum Gasteiger partial charge on any atom is 0.140 e. The minimum absolute atomic E-state index is 0.806. The van der Waals surface area contributed by atoms with E-state index in [4.69, 9.17) is 4.74 Å². The number of nitrogens with zero attached hydrogens (tertiary/aromatic N) is 1. The van der Waals surface area contributed by atoms with Crippen molar-refractivity contribution >= 4 is 0 Å². The first-order valence-corrected chi connectivity index (χ1v) is 8.08. The standard InChI is InChI=1S/C17H30N2O/c1-4-12-18-13-8-6-7-9-14-20-17-11-10-15(3)19-16(17)5-2/h10-11,18H,4-9,12-14H2,1-3H3. The topological polar surface area (TPSA) is 34.1 Å². The number of hydrogen-bond donors (Lipinski definition) is 1. The average Bonchev–Trinajstić information content (AvgIpc) is 2.46. The maximum atomic E-state index is 5.85. The summed E-state index contributed by atoms with van der Waals surface area (Å²) >= 11 is 0. The summed E-state index contributed by atoms with van der Waals surface area (Å²) in [6.45, 7) is 9.45. The molecule has 114 valence electrons. The van der Waals surface area contributed by atoms with Crippen LogP contribution in [-0.2, 0) is 6.42 Å². The van der Waals surface area contributed by atoms with Gasteiger partial charge in [-0.25, -0.2) is 0 Å². The molecule has 0 unspecified atom stereocenters. The molecule has 0 amide bonds. The van der Waals surface area contributed by atoms with Gasteiger partial charge in [0.15, 0.2) is 0 Å². The number of aryl methyl sites for hydroxylation is 2. The Morgan fingerprint density at radius 1 is 1.05 bits per heavy atom. The zero-order chi connectivity index (χ0) is 14.6. The molecule has 0 bridgehead atoms. The number of ether oxygens (including phenoxy) is 1. The van der Waals surface area contributed by atoms with Gasteiger partial charge >= 0.3 is 0 Å². The van der Waals surface area contributed by atoms with Gasteiger partial charge in [-0.2, -0.15) is 0 Å². The Morgan fingerprint density at radius 3 is 2.60 bits per heavy atom. The monoisotopic (exact) mass is 278 g/mol. The molecule has 20 heavy (non-hydrogen) atoms. The van der Waals surface area contributed by atoms with Crippen molar-refractivity contribution in [3.63, 3.8) is 0 Å². The molecular formula is C17H30N2O. The fraction of sp³-hybridized carbons (Fsp3) is 0.706. The van der Waals surface area contributed by atoms with E-state index in [2.05, 4.69) is 30.2 Å². The van der Waals surface area contributed by atoms with Crippen LogP contribution in [0.2, 0.25) is 0 Å². The van der Waals surface area contributed by atoms with Crippen molar-refractivity contribution in [1.82, 2.24) is 10.3 Å². The van der Waals surface area contributed by atoms with Gasteiger partial charge < -0.3 is 10.1 Å². The van der Waals surface area contributed by atoms with Gasteiger partial charge in [-0.1, -0.05) is 26.7 Å². The minimum atomic E-state index is 0.806. The summed E-state index contributed by atoms with van der Waals surface area (Å²) in [5, 5.41) is 3.43. The van der Waals surface area contributed by atoms with Crippen molar-refractivity contribution in [3.05, 3.63) is 23.5 Å². The van der Waals surface area contributed by atoms with Crippen LogP contribution in [0, 0.1) is 6.92 Å². The molecule has 1 N–H and O–H groups in total. The smallest absolute Gasteiger partial charge is 0.140 e. The molecule has 0 aliphatic carbocycles. The second-order valence-corrected chi connectivity index (χ2v) is 5.26. The van der Waals surface area contributed by atoms with Crippen molar-refractivity contribution in [2.45, 2.75) is 59.3 Å². The van der Waals surface area contributed by atoms with E-state index in [1.807, 2.05) is 13.0 Å². The highest BCUT2D eigenvalue weighted by Crippen LogP contribution is 2.17. The quantitative estimate of drug-likeness (QED) is 0.624. The van der Waals surface area contributed by atoms with Gasteiger partial charge in [-0.15, -0.1) is 0 Å². The summed E-state index contributed by atoms with van der Waals surface area (Å²) in [6.07, 6.45) is 7.08. The van der Waals surface area contributed by atoms with Gasteiger partial charge in [-0.05, 0) is 57.8 Å². The molecule has 0 aliphatic rings. The molecule has 1 aromatic rings. The van der Waals surface area contributed by atoms with Gasteiger partial charge in [0, 0.05) is 5.69 Å². The van der Waals surface area contributed by atoms with E-state index >= 15 is 0 Å². The summed E-state index contributed by atoms with van der Waals surface area (Å²) in [7, 11) is 0. The molecule has 1 rings (SSSR count). The van der Waals surface area contributed by atoms with Crippen molar-refractivity contribution in [1.29, 1.82) is 0 Å². The fourth-order valence-corrected chi connectivity index (χ4v) is 2.17. The second-order valence-electron chi connectivity index (χ2n) is 5.26. The van der Waals surface area contributed by atoms with Gasteiger partial charge in [0.05, 0.1) is 12.3 Å². The van der Waals surface area contributed by atoms with Gasteiger partial charge in [0.25, 0.3) is 0 Å². The molecule has 0 fully saturated rings. The third-order valence-corrected chi connectivity index (χ3v) is 3.34. The Labute approximate surface area is 124 Å². The second kappa shape index (κ2) is 10.7. The van der Waals surface area contributed by atoms with E-state index in [0.29, 0.717) is 0 Å². The summed E-state index contributed by atoms with van der Waals surface area (Å²) in [6, 6.07) is 4.07. The normalized spacial score (nSPS) is 10.8. The number of hydrogen-bond acceptors (Lipinski definition) is 3. The molecule has 0 aliphatic heterocycles. The highest BCUT2D eigenvalue weighted by atomic mass is 16.5. The highest BCUT2D eigenvalue weighted by Gasteiger charge is 2.03. The van der Waals surface area contributed by atoms with Crippen LogP contribution >= 0.6 is 0 Å². The predicted molar refractivity (Wildman–Crippen MR) is 85.5 cm³/mol. The van der Waals surface area contributed by atoms with E-state index < -0.39 is 0 Å². The van der Waals surface area contributed by atoms with Crippen molar-refractivity contribution < 1.29 is 4.74 Å². The SMILES string of the molecule is CCCNCCCCCCOc1ccc(C)nc1CC. The predicted octanol–water partition coefficient (Wildman–Crippen LogP) is 3.89. The first kappa shape index (κ1) is 17.0. The van der Waals surface area contributed by atoms with Crippen LogP contribution in [0.25, 0.3) is 0 Å². The molecule has 3 heteroatoms. The zero-order valence-corrected chi connectivity index (χ0v) is 13.4. The van der Waals surface area contributed by atoms with Crippen molar-refractivity contribution in [2.75, 3.05) is 19.7 Å². The Morgan fingerprint density at radius 2 is 1.85 bits per heavy atom. The van der Waals surface area contributed by atoms with Crippen LogP contribution in [0.15, 0.2) is 12.1 Å². The van der Waals surface area contributed by atoms with Crippen LogP contribution in [0.1, 0.15) is 57.3 Å². The number of aromatic nitrogens is 1. The average molecular weight is 278 g/mol. The van der Waals surface area contributed by atoms with Crippen molar-refractivity contribution in [2.24, 2.45) is 0 Å². The summed E-state index contributed by atoms with van der Waals surface area (Å²) < 4.78 is 5.85. The molecule has 0 saturated carbocycles. The van der Waals surface area contributed by atoms with Crippen LogP contribution in [0.5, 0.6) is 5.75 Å². The lowest BCUT2D eigenvalue weighted by atomic mass is 10.2. The summed E-state index contributed by atoms with van der Waals surface area (Å²) in [5.74, 6) is 0.961. The first-order chi connectivity index (χ1) is 9.77. The van der Waals surface area contributed by atoms with Gasteiger partial charge in [0.1, 0.15) is 5.75 Å². The van der Waals surface area contributed by atoms with Crippen molar-refractivity contribution in [3.8, 4) is 5.75 Å². The number of nitrogens with one attached hydrogen (secondary N) is 1. The summed E-state index contributed by atoms with van der Waals surface area (Å²) in [5.41, 5.74) is 2.14. The van der Waals surface area contributed by atoms with E-state index in [1.165, 1.54) is 25.7 Å². The van der Waals surface area contributed by atoms with Gasteiger partial charge in [0.2, 0.25) is 0 Å². The molecule has 3 nitrogen and oxygen atoms in total. The first-order valence-electron chi connectivity index (χ1n) is 8.08. The zero-order valence-electron chi connectivity index (χ0n) is 13.4. The molecular weight excluding hydrogens is 248 g/mol. The molecule has 1 aromatic heterocycles. The maximum absolute atomic E-state index is 5.85. The Balaban J connectivity index is 2.09. The molecule has 0 radical (unpaired) electrons. The molecule has 0 saturated heterocycles. The molecule has 0 atom stereocenters. The number of unbranched alkanes of at least 4 members (excludes halogenated alkanes) is 3. The van der Waals surface area contributed by atoms with E-state index in [-0.39, 0.29) is 0 Å². The van der Waals surface area contributed by atoms with Crippen LogP contribution in [0.4, 0.5) is 0 Å². The Bertz CT molecular complexity index is 366. The van der Waals surface area contributed by atoms with E-state index in [0.717, 1.165) is 49.7 Å². The fourth-order valence-electron chi connectivity index (χ4n) is 2.17. The molecule has 1 heterocycles. The van der Waals surface area contributed by atoms with Crippen LogP contribution in [-0.4, -0.2) is 24.7 Å². The summed E-state index contributed by atoms with van der Waals surface area (Å²) in [4.78, 5) is 4.52. The number of rotatable bonds is 11. The lowest BCUT2D eigenvalue weighted by molar-refractivity contribution is 0.300. The number of pyridine rings is 1. The van der Waals surface area contributed by atoms with Gasteiger partial charge in [-0.3, -0.25) is 4.98 Å². The molecule has 0 aromatic carbocycles. The Kier molecular flexibility index (Phi) is 9.05. The minimum Gasteiger partial charge on any atom is -0.492 e. The molecule has 0 spiro atoms.